The zero-order chi connectivity index (χ0) is 28.0. The summed E-state index contributed by atoms with van der Waals surface area (Å²) >= 11 is 0. The lowest BCUT2D eigenvalue weighted by molar-refractivity contribution is -0.138. The highest BCUT2D eigenvalue weighted by molar-refractivity contribution is 5.96. The van der Waals surface area contributed by atoms with E-state index in [-0.39, 0.29) is 11.8 Å². The molecular formula is C30H28F4N6. The molecule has 2 aromatic carbocycles. The molecule has 10 heteroatoms. The molecule has 3 aromatic heterocycles. The molecule has 0 spiro atoms. The third kappa shape index (κ3) is 4.41. The number of para-hydroxylation sites is 1. The molecule has 0 fully saturated rings. The summed E-state index contributed by atoms with van der Waals surface area (Å²) in [6.07, 6.45) is 2.07. The minimum Gasteiger partial charge on any atom is -0.359 e. The number of aryl methyl sites for hydroxylation is 2. The quantitative estimate of drug-likeness (QED) is 0.231. The largest absolute Gasteiger partial charge is 0.419 e. The van der Waals surface area contributed by atoms with Crippen LogP contribution in [0, 0.1) is 5.82 Å². The van der Waals surface area contributed by atoms with Crippen LogP contribution in [0.15, 0.2) is 55.0 Å². The van der Waals surface area contributed by atoms with Gasteiger partial charge in [-0.3, -0.25) is 0 Å². The molecule has 5 aromatic rings. The minimum absolute atomic E-state index is 0.226. The van der Waals surface area contributed by atoms with Crippen molar-refractivity contribution in [3.05, 3.63) is 88.8 Å². The van der Waals surface area contributed by atoms with Crippen molar-refractivity contribution >= 4 is 16.9 Å². The van der Waals surface area contributed by atoms with Crippen LogP contribution in [-0.2, 0) is 32.0 Å². The van der Waals surface area contributed by atoms with Crippen LogP contribution in [0.3, 0.4) is 0 Å². The maximum atomic E-state index is 14.7. The molecule has 0 bridgehead atoms. The van der Waals surface area contributed by atoms with E-state index in [9.17, 15) is 17.6 Å². The maximum absolute atomic E-state index is 14.7. The Kier molecular flexibility index (Phi) is 6.56. The zero-order valence-electron chi connectivity index (χ0n) is 22.2. The van der Waals surface area contributed by atoms with Crippen molar-refractivity contribution in [2.24, 2.45) is 0 Å². The molecule has 4 heterocycles. The molecule has 1 aliphatic heterocycles. The lowest BCUT2D eigenvalue weighted by atomic mass is 9.97. The van der Waals surface area contributed by atoms with Gasteiger partial charge in [-0.1, -0.05) is 38.5 Å². The van der Waals surface area contributed by atoms with Crippen LogP contribution in [0.1, 0.15) is 48.2 Å². The second kappa shape index (κ2) is 10.1. The Balaban J connectivity index is 1.55. The third-order valence-corrected chi connectivity index (χ3v) is 7.53. The first-order valence-corrected chi connectivity index (χ1v) is 13.4. The lowest BCUT2D eigenvalue weighted by Crippen LogP contribution is -2.31. The molecule has 0 atom stereocenters. The number of fused-ring (bicyclic) bond motifs is 2. The first-order valence-electron chi connectivity index (χ1n) is 13.4. The number of anilines is 1. The van der Waals surface area contributed by atoms with Crippen LogP contribution in [0.4, 0.5) is 23.5 Å². The van der Waals surface area contributed by atoms with Crippen molar-refractivity contribution in [1.29, 1.82) is 0 Å². The summed E-state index contributed by atoms with van der Waals surface area (Å²) in [6, 6.07) is 11.4. The summed E-state index contributed by atoms with van der Waals surface area (Å²) in [7, 11) is 0. The topological polar surface area (TPSA) is 62.6 Å². The average molecular weight is 549 g/mol. The van der Waals surface area contributed by atoms with Crippen LogP contribution >= 0.6 is 0 Å². The molecule has 206 valence electrons. The number of rotatable bonds is 6. The highest BCUT2D eigenvalue weighted by Gasteiger charge is 2.33. The number of aromatic amines is 1. The van der Waals surface area contributed by atoms with E-state index in [0.29, 0.717) is 25.0 Å². The van der Waals surface area contributed by atoms with Gasteiger partial charge in [-0.15, -0.1) is 0 Å². The summed E-state index contributed by atoms with van der Waals surface area (Å²) < 4.78 is 56.1. The molecule has 0 saturated carbocycles. The fraction of sp³-hybridized carbons (Fsp3) is 0.300. The molecule has 40 heavy (non-hydrogen) atoms. The monoisotopic (exact) mass is 548 g/mol. The van der Waals surface area contributed by atoms with Gasteiger partial charge in [0.2, 0.25) is 5.95 Å². The molecule has 1 N–H and O–H groups in total. The van der Waals surface area contributed by atoms with E-state index in [1.54, 1.807) is 12.3 Å². The number of aromatic nitrogens is 5. The Morgan fingerprint density at radius 1 is 1.00 bits per heavy atom. The van der Waals surface area contributed by atoms with Crippen molar-refractivity contribution < 1.29 is 17.6 Å². The number of halogens is 4. The first-order chi connectivity index (χ1) is 19.3. The second-order valence-electron chi connectivity index (χ2n) is 10.0. The molecule has 0 aliphatic carbocycles. The summed E-state index contributed by atoms with van der Waals surface area (Å²) in [6.45, 7) is 5.12. The Morgan fingerprint density at radius 3 is 2.50 bits per heavy atom. The predicted octanol–water partition coefficient (Wildman–Crippen LogP) is 7.05. The van der Waals surface area contributed by atoms with Crippen LogP contribution in [0.5, 0.6) is 0 Å². The van der Waals surface area contributed by atoms with Crippen molar-refractivity contribution in [2.45, 2.75) is 52.3 Å². The van der Waals surface area contributed by atoms with Crippen molar-refractivity contribution in [2.75, 3.05) is 11.4 Å². The van der Waals surface area contributed by atoms with E-state index < -0.39 is 11.7 Å². The minimum atomic E-state index is -4.50. The van der Waals surface area contributed by atoms with Gasteiger partial charge >= 0.3 is 6.18 Å². The normalized spacial score (nSPS) is 13.7. The molecule has 0 amide bonds. The molecule has 0 radical (unpaired) electrons. The number of hydrogen-bond acceptors (Lipinski definition) is 4. The van der Waals surface area contributed by atoms with Gasteiger partial charge in [0, 0.05) is 54.6 Å². The molecule has 6 nitrogen and oxygen atoms in total. The standard InChI is InChI=1S/C30H28F4N6/c1-3-6-19-8-5-7-18(4-2)27(19)40-28(22-9-10-24(31)26-21(22)11-13-35-26)23-17-39(14-12-25(23)38-40)29-36-15-20(16-37-29)30(32,33)34/h5,7-11,13,15-16,35H,3-4,6,12,14,17H2,1-2H3. The number of H-pyrrole nitrogens is 1. The van der Waals surface area contributed by atoms with E-state index in [1.165, 1.54) is 11.6 Å². The fourth-order valence-corrected chi connectivity index (χ4v) is 5.61. The van der Waals surface area contributed by atoms with Gasteiger partial charge in [0.25, 0.3) is 0 Å². The van der Waals surface area contributed by atoms with E-state index >= 15 is 0 Å². The SMILES string of the molecule is CCCc1cccc(CC)c1-n1nc2c(c1-c1ccc(F)c3[nH]ccc13)CN(c1ncc(C(F)(F)F)cn1)CC2. The molecule has 1 aliphatic rings. The zero-order valence-corrected chi connectivity index (χ0v) is 22.2. The smallest absolute Gasteiger partial charge is 0.359 e. The van der Waals surface area contributed by atoms with Crippen LogP contribution in [-0.4, -0.2) is 31.3 Å². The predicted molar refractivity (Wildman–Crippen MR) is 146 cm³/mol. The molecule has 6 rings (SSSR count). The summed E-state index contributed by atoms with van der Waals surface area (Å²) in [5.41, 5.74) is 6.39. The molecular weight excluding hydrogens is 520 g/mol. The van der Waals surface area contributed by atoms with Gasteiger partial charge < -0.3 is 9.88 Å². The van der Waals surface area contributed by atoms with Crippen molar-refractivity contribution in [3.8, 4) is 16.9 Å². The van der Waals surface area contributed by atoms with Crippen LogP contribution in [0.2, 0.25) is 0 Å². The number of alkyl halides is 3. The summed E-state index contributed by atoms with van der Waals surface area (Å²) in [5.74, 6) is -0.118. The van der Waals surface area contributed by atoms with E-state index in [1.807, 2.05) is 15.6 Å². The number of nitrogens with zero attached hydrogens (tertiary/aromatic N) is 5. The van der Waals surface area contributed by atoms with Gasteiger partial charge in [-0.05, 0) is 42.2 Å². The van der Waals surface area contributed by atoms with Crippen LogP contribution in [0.25, 0.3) is 27.8 Å². The van der Waals surface area contributed by atoms with Gasteiger partial charge in [0.15, 0.2) is 0 Å². The van der Waals surface area contributed by atoms with E-state index in [2.05, 4.69) is 47.0 Å². The highest BCUT2D eigenvalue weighted by Crippen LogP contribution is 2.39. The van der Waals surface area contributed by atoms with Crippen molar-refractivity contribution in [3.63, 3.8) is 0 Å². The molecule has 0 saturated heterocycles. The average Bonchev–Trinajstić information content (AvgIpc) is 3.59. The maximum Gasteiger partial charge on any atom is 0.419 e. The van der Waals surface area contributed by atoms with Gasteiger partial charge in [-0.25, -0.2) is 19.0 Å². The fourth-order valence-electron chi connectivity index (χ4n) is 5.61. The summed E-state index contributed by atoms with van der Waals surface area (Å²) in [4.78, 5) is 13.0. The number of hydrogen-bond donors (Lipinski definition) is 1. The van der Waals surface area contributed by atoms with E-state index in [4.69, 9.17) is 5.10 Å². The lowest BCUT2D eigenvalue weighted by Gasteiger charge is -2.27. The summed E-state index contributed by atoms with van der Waals surface area (Å²) in [5, 5.41) is 5.87. The van der Waals surface area contributed by atoms with Gasteiger partial charge in [0.1, 0.15) is 5.82 Å². The number of benzene rings is 2. The Bertz CT molecular complexity index is 1680. The van der Waals surface area contributed by atoms with Gasteiger partial charge in [-0.2, -0.15) is 18.3 Å². The Morgan fingerprint density at radius 2 is 1.77 bits per heavy atom. The second-order valence-corrected chi connectivity index (χ2v) is 10.0. The molecule has 0 unspecified atom stereocenters. The highest BCUT2D eigenvalue weighted by atomic mass is 19.4. The van der Waals surface area contributed by atoms with Gasteiger partial charge in [0.05, 0.1) is 28.2 Å². The third-order valence-electron chi connectivity index (χ3n) is 7.53. The van der Waals surface area contributed by atoms with Crippen molar-refractivity contribution in [1.82, 2.24) is 24.7 Å². The Hall–Kier alpha value is -4.21. The van der Waals surface area contributed by atoms with Crippen LogP contribution < -0.4 is 4.90 Å². The first kappa shape index (κ1) is 26.0. The number of nitrogens with one attached hydrogen (secondary N) is 1. The van der Waals surface area contributed by atoms with E-state index in [0.717, 1.165) is 70.8 Å². The Labute approximate surface area is 228 Å².